The van der Waals surface area contributed by atoms with Gasteiger partial charge in [-0.25, -0.2) is 0 Å². The highest BCUT2D eigenvalue weighted by atomic mass is 32.2. The molecule has 1 aromatic heterocycles. The largest absolute Gasteiger partial charge is 0.516 e. The van der Waals surface area contributed by atoms with Crippen LogP contribution in [-0.4, -0.2) is 36.7 Å². The minimum atomic E-state index is -5.62. The zero-order valence-corrected chi connectivity index (χ0v) is 18.7. The lowest BCUT2D eigenvalue weighted by Crippen LogP contribution is -2.38. The number of aromatic nitrogens is 2. The Morgan fingerprint density at radius 3 is 2.71 bits per heavy atom. The summed E-state index contributed by atoms with van der Waals surface area (Å²) in [5, 5.41) is 15.4. The van der Waals surface area contributed by atoms with Crippen molar-refractivity contribution in [2.75, 3.05) is 16.2 Å². The number of anilines is 2. The maximum absolute atomic E-state index is 13.0. The number of azo groups is 1. The number of alkyl halides is 3. The number of hydrogen-bond donors (Lipinski definition) is 1. The fraction of sp³-hybridized carbons (Fsp3) is 0.556. The molecule has 1 unspecified atom stereocenters. The molecule has 13 heteroatoms. The van der Waals surface area contributed by atoms with Crippen molar-refractivity contribution in [1.82, 2.24) is 10.2 Å². The van der Waals surface area contributed by atoms with Gasteiger partial charge in [-0.15, -0.1) is 20.4 Å². The van der Waals surface area contributed by atoms with E-state index in [1.54, 1.807) is 10.8 Å². The maximum atomic E-state index is 13.0. The predicted octanol–water partition coefficient (Wildman–Crippen LogP) is 5.55. The molecule has 31 heavy (non-hydrogen) atoms. The molecule has 0 aliphatic carbocycles. The summed E-state index contributed by atoms with van der Waals surface area (Å²) in [6.45, 7) is 4.88. The second-order valence-electron chi connectivity index (χ2n) is 7.26. The molecule has 1 atom stereocenters. The van der Waals surface area contributed by atoms with Gasteiger partial charge in [0.15, 0.2) is 0 Å². The van der Waals surface area contributed by atoms with E-state index in [9.17, 15) is 21.6 Å². The molecule has 1 N–H and O–H groups in total. The normalized spacial score (nSPS) is 17.2. The van der Waals surface area contributed by atoms with E-state index in [1.165, 1.54) is 11.6 Å². The lowest BCUT2D eigenvalue weighted by Gasteiger charge is -2.37. The van der Waals surface area contributed by atoms with Crippen LogP contribution in [0.2, 0.25) is 0 Å². The van der Waals surface area contributed by atoms with Crippen LogP contribution in [0.25, 0.3) is 0 Å². The summed E-state index contributed by atoms with van der Waals surface area (Å²) in [7, 11) is -5.62. The van der Waals surface area contributed by atoms with Crippen LogP contribution in [0.15, 0.2) is 27.9 Å². The summed E-state index contributed by atoms with van der Waals surface area (Å²) >= 11 is 1.10. The summed E-state index contributed by atoms with van der Waals surface area (Å²) in [5.41, 5.74) is -2.71. The molecular weight excluding hydrogens is 453 g/mol. The molecule has 0 amide bonds. The topological polar surface area (TPSA) is 99.9 Å². The summed E-state index contributed by atoms with van der Waals surface area (Å²) < 4.78 is 64.3. The van der Waals surface area contributed by atoms with Crippen molar-refractivity contribution in [3.8, 4) is 0 Å². The molecule has 3 rings (SSSR count). The number of sulfonamides is 1. The van der Waals surface area contributed by atoms with Gasteiger partial charge in [-0.2, -0.15) is 21.6 Å². The lowest BCUT2D eigenvalue weighted by molar-refractivity contribution is -0.0429. The summed E-state index contributed by atoms with van der Waals surface area (Å²) in [6.07, 6.45) is 4.58. The van der Waals surface area contributed by atoms with Gasteiger partial charge in [-0.3, -0.25) is 4.72 Å². The van der Waals surface area contributed by atoms with Crippen LogP contribution in [0.3, 0.4) is 0 Å². The van der Waals surface area contributed by atoms with Gasteiger partial charge in [-0.05, 0) is 43.9 Å². The second kappa shape index (κ2) is 9.47. The molecule has 2 heterocycles. The molecule has 0 saturated heterocycles. The Kier molecular flexibility index (Phi) is 7.14. The van der Waals surface area contributed by atoms with Crippen LogP contribution in [0, 0.1) is 0 Å². The van der Waals surface area contributed by atoms with Crippen molar-refractivity contribution in [3.63, 3.8) is 0 Å². The average molecular weight is 477 g/mol. The summed E-state index contributed by atoms with van der Waals surface area (Å²) in [6, 6.07) is 3.20. The van der Waals surface area contributed by atoms with E-state index < -0.39 is 15.5 Å². The fourth-order valence-corrected chi connectivity index (χ4v) is 4.33. The molecule has 1 aliphatic heterocycles. The van der Waals surface area contributed by atoms with E-state index in [2.05, 4.69) is 39.2 Å². The van der Waals surface area contributed by atoms with Gasteiger partial charge in [0.05, 0.1) is 5.69 Å². The highest BCUT2D eigenvalue weighted by molar-refractivity contribution is 7.93. The molecular formula is C18H23F3N6O2S2. The molecule has 0 saturated carbocycles. The first-order valence-electron chi connectivity index (χ1n) is 9.83. The monoisotopic (exact) mass is 476 g/mol. The Balaban J connectivity index is 2.04. The number of halogens is 3. The van der Waals surface area contributed by atoms with Gasteiger partial charge in [0, 0.05) is 18.3 Å². The minimum absolute atomic E-state index is 0.00941. The number of benzene rings is 1. The Morgan fingerprint density at radius 2 is 2.06 bits per heavy atom. The van der Waals surface area contributed by atoms with E-state index in [-0.39, 0.29) is 22.5 Å². The van der Waals surface area contributed by atoms with Gasteiger partial charge in [0.1, 0.15) is 11.2 Å². The standard InChI is InChI=1S/C18H23F3N6O2S2/c1-3-4-5-8-27-12(2)6-7-13-9-14(23-25-17-24-22-11-30-17)15(10-16(13)27)26-31(28,29)18(19,20)21/h9-12,26H,3-8H2,1-2H3. The summed E-state index contributed by atoms with van der Waals surface area (Å²) in [5.74, 6) is 0. The van der Waals surface area contributed by atoms with Crippen LogP contribution < -0.4 is 9.62 Å². The lowest BCUT2D eigenvalue weighted by atomic mass is 9.95. The zero-order valence-electron chi connectivity index (χ0n) is 17.1. The first-order valence-corrected chi connectivity index (χ1v) is 12.2. The van der Waals surface area contributed by atoms with Crippen molar-refractivity contribution in [1.29, 1.82) is 0 Å². The van der Waals surface area contributed by atoms with Gasteiger partial charge >= 0.3 is 15.5 Å². The van der Waals surface area contributed by atoms with Crippen molar-refractivity contribution >= 4 is 43.6 Å². The SMILES string of the molecule is CCCCCN1c2cc(NS(=O)(=O)C(F)(F)F)c(N=Nc3nncs3)cc2CCC1C. The Labute approximate surface area is 182 Å². The Hall–Kier alpha value is -2.28. The smallest absolute Gasteiger partial charge is 0.369 e. The van der Waals surface area contributed by atoms with Crippen molar-refractivity contribution in [3.05, 3.63) is 23.2 Å². The van der Waals surface area contributed by atoms with Crippen LogP contribution >= 0.6 is 11.3 Å². The Bertz CT molecular complexity index is 1030. The summed E-state index contributed by atoms with van der Waals surface area (Å²) in [4.78, 5) is 2.12. The van der Waals surface area contributed by atoms with Gasteiger partial charge in [-0.1, -0.05) is 31.1 Å². The number of nitrogens with zero attached hydrogens (tertiary/aromatic N) is 5. The second-order valence-corrected chi connectivity index (χ2v) is 9.74. The molecule has 0 radical (unpaired) electrons. The van der Waals surface area contributed by atoms with E-state index in [1.807, 2.05) is 0 Å². The number of fused-ring (bicyclic) bond motifs is 1. The van der Waals surface area contributed by atoms with Crippen molar-refractivity contribution in [2.45, 2.75) is 57.5 Å². The number of rotatable bonds is 8. The third-order valence-electron chi connectivity index (χ3n) is 5.01. The van der Waals surface area contributed by atoms with Crippen LogP contribution in [0.5, 0.6) is 0 Å². The number of unbranched alkanes of at least 4 members (excludes halogenated alkanes) is 2. The molecule has 2 aromatic rings. The molecule has 170 valence electrons. The van der Waals surface area contributed by atoms with E-state index >= 15 is 0 Å². The third kappa shape index (κ3) is 5.50. The molecule has 1 aliphatic rings. The minimum Gasteiger partial charge on any atom is -0.369 e. The van der Waals surface area contributed by atoms with Crippen LogP contribution in [0.4, 0.5) is 35.4 Å². The molecule has 0 bridgehead atoms. The van der Waals surface area contributed by atoms with E-state index in [4.69, 9.17) is 0 Å². The van der Waals surface area contributed by atoms with Gasteiger partial charge < -0.3 is 4.90 Å². The van der Waals surface area contributed by atoms with E-state index in [0.717, 1.165) is 49.1 Å². The van der Waals surface area contributed by atoms with Crippen LogP contribution in [-0.2, 0) is 16.4 Å². The highest BCUT2D eigenvalue weighted by Crippen LogP contribution is 2.41. The number of nitrogens with one attached hydrogen (secondary N) is 1. The maximum Gasteiger partial charge on any atom is 0.516 e. The quantitative estimate of drug-likeness (QED) is 0.398. The van der Waals surface area contributed by atoms with Crippen molar-refractivity contribution in [2.24, 2.45) is 10.2 Å². The number of hydrogen-bond acceptors (Lipinski definition) is 8. The Morgan fingerprint density at radius 1 is 1.29 bits per heavy atom. The highest BCUT2D eigenvalue weighted by Gasteiger charge is 2.46. The van der Waals surface area contributed by atoms with Crippen molar-refractivity contribution < 1.29 is 21.6 Å². The molecule has 1 aromatic carbocycles. The van der Waals surface area contributed by atoms with Gasteiger partial charge in [0.25, 0.3) is 5.13 Å². The van der Waals surface area contributed by atoms with Crippen LogP contribution in [0.1, 0.15) is 45.1 Å². The first kappa shape index (κ1) is 23.4. The molecule has 8 nitrogen and oxygen atoms in total. The molecule has 0 spiro atoms. The fourth-order valence-electron chi connectivity index (χ4n) is 3.39. The molecule has 0 fully saturated rings. The third-order valence-corrected chi connectivity index (χ3v) is 6.69. The average Bonchev–Trinajstić information content (AvgIpc) is 3.21. The number of aryl methyl sites for hydroxylation is 1. The first-order chi connectivity index (χ1) is 14.6. The van der Waals surface area contributed by atoms with E-state index in [0.29, 0.717) is 12.1 Å². The zero-order chi connectivity index (χ0) is 22.6. The van der Waals surface area contributed by atoms with Gasteiger partial charge in [0.2, 0.25) is 0 Å². The predicted molar refractivity (Wildman–Crippen MR) is 114 cm³/mol.